The number of aromatic nitrogens is 2. The van der Waals surface area contributed by atoms with E-state index >= 15 is 0 Å². The lowest BCUT2D eigenvalue weighted by Gasteiger charge is -2.28. The third-order valence-electron chi connectivity index (χ3n) is 3.72. The van der Waals surface area contributed by atoms with Crippen LogP contribution in [0.5, 0.6) is 0 Å². The molecule has 0 saturated heterocycles. The molecule has 1 unspecified atom stereocenters. The zero-order valence-electron chi connectivity index (χ0n) is 12.4. The van der Waals surface area contributed by atoms with Crippen LogP contribution < -0.4 is 10.6 Å². The average Bonchev–Trinajstić information content (AvgIpc) is 2.73. The van der Waals surface area contributed by atoms with E-state index in [0.29, 0.717) is 11.3 Å². The van der Waals surface area contributed by atoms with Gasteiger partial charge in [-0.15, -0.1) is 0 Å². The van der Waals surface area contributed by atoms with Gasteiger partial charge in [0.05, 0.1) is 17.4 Å². The Hall–Kier alpha value is -2.04. The highest BCUT2D eigenvalue weighted by Crippen LogP contribution is 2.32. The van der Waals surface area contributed by atoms with E-state index in [4.69, 9.17) is 5.73 Å². The van der Waals surface area contributed by atoms with Gasteiger partial charge in [0, 0.05) is 19.2 Å². The largest absolute Gasteiger partial charge is 0.394 e. The summed E-state index contributed by atoms with van der Waals surface area (Å²) < 4.78 is 15.8. The van der Waals surface area contributed by atoms with Crippen molar-refractivity contribution in [1.82, 2.24) is 9.78 Å². The summed E-state index contributed by atoms with van der Waals surface area (Å²) in [6.07, 6.45) is 0. The minimum Gasteiger partial charge on any atom is -0.394 e. The predicted molar refractivity (Wildman–Crippen MR) is 80.3 cm³/mol. The maximum Gasteiger partial charge on any atom is 0.150 e. The quantitative estimate of drug-likeness (QED) is 0.933. The van der Waals surface area contributed by atoms with Gasteiger partial charge in [-0.3, -0.25) is 0 Å². The first-order chi connectivity index (χ1) is 9.47. The number of aryl methyl sites for hydroxylation is 2. The fourth-order valence-corrected chi connectivity index (χ4v) is 2.38. The number of anilines is 2. The van der Waals surface area contributed by atoms with Crippen LogP contribution in [0.2, 0.25) is 0 Å². The third kappa shape index (κ3) is 2.35. The molecule has 0 amide bonds. The van der Waals surface area contributed by atoms with E-state index in [1.807, 2.05) is 43.5 Å². The van der Waals surface area contributed by atoms with Crippen LogP contribution in [-0.4, -0.2) is 16.8 Å². The first-order valence-corrected chi connectivity index (χ1v) is 6.77. The Kier molecular flexibility index (Phi) is 3.97. The molecule has 2 rings (SSSR count). The maximum atomic E-state index is 13.9. The van der Waals surface area contributed by atoms with Gasteiger partial charge in [0.25, 0.3) is 0 Å². The van der Waals surface area contributed by atoms with Crippen LogP contribution in [-0.2, 0) is 6.54 Å². The molecule has 0 saturated carbocycles. The zero-order valence-corrected chi connectivity index (χ0v) is 12.4. The molecular weight excluding hydrogens is 255 g/mol. The summed E-state index contributed by atoms with van der Waals surface area (Å²) in [5, 5.41) is 4.40. The van der Waals surface area contributed by atoms with Crippen molar-refractivity contribution >= 4 is 11.5 Å². The number of nitrogen functional groups attached to an aromatic ring is 1. The Morgan fingerprint density at radius 1 is 1.40 bits per heavy atom. The molecule has 1 heterocycles. The average molecular weight is 276 g/mol. The molecule has 20 heavy (non-hydrogen) atoms. The lowest BCUT2D eigenvalue weighted by atomic mass is 10.1. The van der Waals surface area contributed by atoms with Crippen molar-refractivity contribution in [2.24, 2.45) is 0 Å². The molecule has 0 fully saturated rings. The molecular formula is C15H21FN4. The van der Waals surface area contributed by atoms with Gasteiger partial charge in [-0.1, -0.05) is 18.2 Å². The molecule has 1 atom stereocenters. The minimum atomic E-state index is -0.204. The van der Waals surface area contributed by atoms with Crippen LogP contribution in [0, 0.1) is 12.7 Å². The second-order valence-corrected chi connectivity index (χ2v) is 4.95. The van der Waals surface area contributed by atoms with Gasteiger partial charge in [-0.2, -0.15) is 5.10 Å². The van der Waals surface area contributed by atoms with Gasteiger partial charge >= 0.3 is 0 Å². The number of hydrogen-bond acceptors (Lipinski definition) is 3. The number of benzene rings is 1. The summed E-state index contributed by atoms with van der Waals surface area (Å²) >= 11 is 0. The van der Waals surface area contributed by atoms with E-state index in [-0.39, 0.29) is 11.9 Å². The summed E-state index contributed by atoms with van der Waals surface area (Å²) in [4.78, 5) is 1.97. The lowest BCUT2D eigenvalue weighted by Crippen LogP contribution is -2.26. The van der Waals surface area contributed by atoms with Crippen molar-refractivity contribution in [1.29, 1.82) is 0 Å². The Labute approximate surface area is 119 Å². The van der Waals surface area contributed by atoms with Gasteiger partial charge in [-0.25, -0.2) is 9.07 Å². The van der Waals surface area contributed by atoms with Crippen molar-refractivity contribution in [3.63, 3.8) is 0 Å². The van der Waals surface area contributed by atoms with Crippen LogP contribution >= 0.6 is 0 Å². The molecule has 2 N–H and O–H groups in total. The van der Waals surface area contributed by atoms with Crippen LogP contribution in [0.15, 0.2) is 24.3 Å². The monoisotopic (exact) mass is 276 g/mol. The van der Waals surface area contributed by atoms with Crippen molar-refractivity contribution in [3.05, 3.63) is 41.3 Å². The highest BCUT2D eigenvalue weighted by molar-refractivity contribution is 5.66. The summed E-state index contributed by atoms with van der Waals surface area (Å²) in [6.45, 7) is 6.57. The van der Waals surface area contributed by atoms with E-state index in [9.17, 15) is 4.39 Å². The smallest absolute Gasteiger partial charge is 0.150 e. The van der Waals surface area contributed by atoms with Crippen molar-refractivity contribution in [2.45, 2.75) is 33.4 Å². The highest BCUT2D eigenvalue weighted by atomic mass is 19.1. The second-order valence-electron chi connectivity index (χ2n) is 4.95. The van der Waals surface area contributed by atoms with Gasteiger partial charge in [-0.05, 0) is 26.8 Å². The molecule has 0 aliphatic heterocycles. The van der Waals surface area contributed by atoms with E-state index in [2.05, 4.69) is 5.10 Å². The topological polar surface area (TPSA) is 47.1 Å². The molecule has 1 aromatic heterocycles. The van der Waals surface area contributed by atoms with Crippen molar-refractivity contribution in [3.8, 4) is 0 Å². The zero-order chi connectivity index (χ0) is 14.9. The lowest BCUT2D eigenvalue weighted by molar-refractivity contribution is 0.572. The number of nitrogens with zero attached hydrogens (tertiary/aromatic N) is 3. The molecule has 5 heteroatoms. The number of rotatable bonds is 4. The van der Waals surface area contributed by atoms with Crippen molar-refractivity contribution in [2.75, 3.05) is 17.7 Å². The molecule has 4 nitrogen and oxygen atoms in total. The number of halogens is 1. The van der Waals surface area contributed by atoms with Crippen molar-refractivity contribution < 1.29 is 4.39 Å². The highest BCUT2D eigenvalue weighted by Gasteiger charge is 2.22. The molecule has 0 radical (unpaired) electrons. The molecule has 108 valence electrons. The number of hydrogen-bond donors (Lipinski definition) is 1. The van der Waals surface area contributed by atoms with E-state index in [0.717, 1.165) is 18.1 Å². The Morgan fingerprint density at radius 2 is 2.05 bits per heavy atom. The molecule has 1 aromatic carbocycles. The number of nitrogens with two attached hydrogens (primary N) is 1. The van der Waals surface area contributed by atoms with Gasteiger partial charge in [0.2, 0.25) is 0 Å². The summed E-state index contributed by atoms with van der Waals surface area (Å²) in [5.74, 6) is 0.630. The van der Waals surface area contributed by atoms with Crippen LogP contribution in [0.25, 0.3) is 0 Å². The Balaban J connectivity index is 2.41. The van der Waals surface area contributed by atoms with Crippen LogP contribution in [0.3, 0.4) is 0 Å². The third-order valence-corrected chi connectivity index (χ3v) is 3.72. The maximum absolute atomic E-state index is 13.9. The molecule has 0 bridgehead atoms. The molecule has 2 aromatic rings. The summed E-state index contributed by atoms with van der Waals surface area (Å²) in [7, 11) is 1.91. The first-order valence-electron chi connectivity index (χ1n) is 6.77. The summed E-state index contributed by atoms with van der Waals surface area (Å²) in [5.41, 5.74) is 8.21. The van der Waals surface area contributed by atoms with Crippen LogP contribution in [0.1, 0.15) is 31.1 Å². The van der Waals surface area contributed by atoms with Crippen LogP contribution in [0.4, 0.5) is 15.9 Å². The Morgan fingerprint density at radius 3 is 2.65 bits per heavy atom. The molecule has 0 spiro atoms. The second kappa shape index (κ2) is 5.53. The summed E-state index contributed by atoms with van der Waals surface area (Å²) in [6, 6.07) is 6.69. The first kappa shape index (κ1) is 14.4. The fourth-order valence-electron chi connectivity index (χ4n) is 2.38. The Bertz CT molecular complexity index is 606. The fraction of sp³-hybridized carbons (Fsp3) is 0.400. The molecule has 0 aliphatic rings. The van der Waals surface area contributed by atoms with Gasteiger partial charge < -0.3 is 10.6 Å². The molecule has 0 aliphatic carbocycles. The SMILES string of the molecule is CCn1nc(C)c(N)c1N(C)C(C)c1ccccc1F. The van der Waals surface area contributed by atoms with E-state index in [1.165, 1.54) is 6.07 Å². The normalized spacial score (nSPS) is 12.4. The van der Waals surface area contributed by atoms with E-state index in [1.54, 1.807) is 12.1 Å². The minimum absolute atomic E-state index is 0.125. The van der Waals surface area contributed by atoms with Gasteiger partial charge in [0.15, 0.2) is 5.82 Å². The standard InChI is InChI=1S/C15H21FN4/c1-5-20-15(14(17)10(2)18-20)19(4)11(3)12-8-6-7-9-13(12)16/h6-9,11H,5,17H2,1-4H3. The van der Waals surface area contributed by atoms with E-state index < -0.39 is 0 Å². The predicted octanol–water partition coefficient (Wildman–Crippen LogP) is 3.13. The van der Waals surface area contributed by atoms with Gasteiger partial charge in [0.1, 0.15) is 5.82 Å².